The number of halogens is 1. The molecule has 66 valence electrons. The Morgan fingerprint density at radius 3 is 2.45 bits per heavy atom. The molecule has 0 radical (unpaired) electrons. The van der Waals surface area contributed by atoms with Crippen molar-refractivity contribution >= 4 is 12.4 Å². The standard InChI is InChI=1S/C8H15NO.ClH/c1-10-6-2-5-3-8(9)7(5)4-6;/h5-8H,2-4,9H2,1H3;1H/t5-,6?,7-,8?;/m1./s1. The van der Waals surface area contributed by atoms with Crippen molar-refractivity contribution in [3.8, 4) is 0 Å². The minimum Gasteiger partial charge on any atom is -0.381 e. The first-order valence-corrected chi connectivity index (χ1v) is 4.09. The first-order chi connectivity index (χ1) is 4.81. The monoisotopic (exact) mass is 177 g/mol. The van der Waals surface area contributed by atoms with Gasteiger partial charge in [0.15, 0.2) is 0 Å². The third-order valence-electron chi connectivity index (χ3n) is 3.16. The second kappa shape index (κ2) is 3.30. The number of methoxy groups -OCH3 is 1. The molecule has 2 fully saturated rings. The van der Waals surface area contributed by atoms with Gasteiger partial charge in [0.05, 0.1) is 6.10 Å². The molecule has 0 aromatic rings. The van der Waals surface area contributed by atoms with Crippen LogP contribution in [-0.4, -0.2) is 19.3 Å². The summed E-state index contributed by atoms with van der Waals surface area (Å²) in [6.07, 6.45) is 4.23. The van der Waals surface area contributed by atoms with Gasteiger partial charge in [0.2, 0.25) is 0 Å². The quantitative estimate of drug-likeness (QED) is 0.653. The molecule has 2 saturated carbocycles. The van der Waals surface area contributed by atoms with E-state index in [1.807, 2.05) is 0 Å². The lowest BCUT2D eigenvalue weighted by molar-refractivity contribution is 0.105. The summed E-state index contributed by atoms with van der Waals surface area (Å²) in [5, 5.41) is 0. The molecule has 4 atom stereocenters. The topological polar surface area (TPSA) is 35.2 Å². The highest BCUT2D eigenvalue weighted by Gasteiger charge is 2.45. The number of ether oxygens (including phenoxy) is 1. The third kappa shape index (κ3) is 1.40. The first kappa shape index (κ1) is 9.30. The Labute approximate surface area is 73.9 Å². The molecule has 0 saturated heterocycles. The molecule has 2 aliphatic carbocycles. The van der Waals surface area contributed by atoms with Crippen LogP contribution in [0.4, 0.5) is 0 Å². The molecule has 0 aromatic carbocycles. The lowest BCUT2D eigenvalue weighted by Gasteiger charge is -2.37. The van der Waals surface area contributed by atoms with Crippen molar-refractivity contribution in [1.82, 2.24) is 0 Å². The van der Waals surface area contributed by atoms with Crippen LogP contribution in [0, 0.1) is 11.8 Å². The SMILES string of the molecule is COC1C[C@@H]2CC(N)[C@@H]2C1.Cl. The number of hydrogen-bond acceptors (Lipinski definition) is 2. The van der Waals surface area contributed by atoms with E-state index in [1.54, 1.807) is 7.11 Å². The number of fused-ring (bicyclic) bond motifs is 1. The van der Waals surface area contributed by atoms with Crippen molar-refractivity contribution < 1.29 is 4.74 Å². The summed E-state index contributed by atoms with van der Waals surface area (Å²) >= 11 is 0. The molecule has 11 heavy (non-hydrogen) atoms. The predicted molar refractivity (Wildman–Crippen MR) is 46.9 cm³/mol. The normalized spacial score (nSPS) is 47.5. The van der Waals surface area contributed by atoms with Crippen LogP contribution in [0.15, 0.2) is 0 Å². The Hall–Kier alpha value is 0.210. The van der Waals surface area contributed by atoms with Gasteiger partial charge in [-0.05, 0) is 31.1 Å². The van der Waals surface area contributed by atoms with Crippen molar-refractivity contribution in [1.29, 1.82) is 0 Å². The molecular formula is C8H16ClNO. The summed E-state index contributed by atoms with van der Waals surface area (Å²) in [4.78, 5) is 0. The fourth-order valence-corrected chi connectivity index (χ4v) is 2.42. The van der Waals surface area contributed by atoms with Gasteiger partial charge in [0.1, 0.15) is 0 Å². The lowest BCUT2D eigenvalue weighted by Crippen LogP contribution is -2.44. The largest absolute Gasteiger partial charge is 0.381 e. The average molecular weight is 178 g/mol. The van der Waals surface area contributed by atoms with Crippen LogP contribution in [0.5, 0.6) is 0 Å². The maximum absolute atomic E-state index is 5.83. The van der Waals surface area contributed by atoms with Crippen LogP contribution in [0.3, 0.4) is 0 Å². The Morgan fingerprint density at radius 2 is 2.00 bits per heavy atom. The fraction of sp³-hybridized carbons (Fsp3) is 1.00. The predicted octanol–water partition coefficient (Wildman–Crippen LogP) is 1.18. The van der Waals surface area contributed by atoms with Crippen molar-refractivity contribution in [2.45, 2.75) is 31.4 Å². The van der Waals surface area contributed by atoms with Crippen LogP contribution in [0.2, 0.25) is 0 Å². The maximum Gasteiger partial charge on any atom is 0.0577 e. The molecule has 3 heteroatoms. The fourth-order valence-electron chi connectivity index (χ4n) is 2.42. The molecule has 0 bridgehead atoms. The molecule has 2 rings (SSSR count). The molecule has 0 aromatic heterocycles. The van der Waals surface area contributed by atoms with Gasteiger partial charge in [-0.25, -0.2) is 0 Å². The van der Waals surface area contributed by atoms with Crippen molar-refractivity contribution in [2.24, 2.45) is 17.6 Å². The Kier molecular flexibility index (Phi) is 2.79. The van der Waals surface area contributed by atoms with Gasteiger partial charge >= 0.3 is 0 Å². The number of rotatable bonds is 1. The van der Waals surface area contributed by atoms with Gasteiger partial charge in [-0.2, -0.15) is 0 Å². The maximum atomic E-state index is 5.83. The van der Waals surface area contributed by atoms with Gasteiger partial charge in [0.25, 0.3) is 0 Å². The van der Waals surface area contributed by atoms with E-state index < -0.39 is 0 Å². The minimum atomic E-state index is 0. The van der Waals surface area contributed by atoms with E-state index in [4.69, 9.17) is 10.5 Å². The average Bonchev–Trinajstić information content (AvgIpc) is 2.26. The molecule has 2 N–H and O–H groups in total. The summed E-state index contributed by atoms with van der Waals surface area (Å²) in [6.45, 7) is 0. The number of hydrogen-bond donors (Lipinski definition) is 1. The Balaban J connectivity index is 0.000000605. The van der Waals surface area contributed by atoms with Crippen molar-refractivity contribution in [3.05, 3.63) is 0 Å². The van der Waals surface area contributed by atoms with Crippen LogP contribution >= 0.6 is 12.4 Å². The number of nitrogens with two attached hydrogens (primary N) is 1. The summed E-state index contributed by atoms with van der Waals surface area (Å²) in [6, 6.07) is 0.491. The smallest absolute Gasteiger partial charge is 0.0577 e. The van der Waals surface area contributed by atoms with E-state index >= 15 is 0 Å². The Bertz CT molecular complexity index is 142. The second-order valence-electron chi connectivity index (χ2n) is 3.65. The summed E-state index contributed by atoms with van der Waals surface area (Å²) in [7, 11) is 1.81. The van der Waals surface area contributed by atoms with Crippen LogP contribution < -0.4 is 5.73 Å². The first-order valence-electron chi connectivity index (χ1n) is 4.09. The molecule has 2 unspecified atom stereocenters. The van der Waals surface area contributed by atoms with E-state index in [2.05, 4.69) is 0 Å². The molecule has 2 aliphatic rings. The zero-order valence-electron chi connectivity index (χ0n) is 6.82. The van der Waals surface area contributed by atoms with E-state index in [0.29, 0.717) is 12.1 Å². The van der Waals surface area contributed by atoms with Gasteiger partial charge in [0, 0.05) is 13.2 Å². The minimum absolute atomic E-state index is 0. The van der Waals surface area contributed by atoms with Gasteiger partial charge in [-0.1, -0.05) is 0 Å². The van der Waals surface area contributed by atoms with Crippen molar-refractivity contribution in [3.63, 3.8) is 0 Å². The molecule has 0 heterocycles. The highest BCUT2D eigenvalue weighted by atomic mass is 35.5. The van der Waals surface area contributed by atoms with Crippen LogP contribution in [0.25, 0.3) is 0 Å². The second-order valence-corrected chi connectivity index (χ2v) is 3.65. The highest BCUT2D eigenvalue weighted by Crippen LogP contribution is 2.46. The Morgan fingerprint density at radius 1 is 1.27 bits per heavy atom. The van der Waals surface area contributed by atoms with E-state index in [9.17, 15) is 0 Å². The summed E-state index contributed by atoms with van der Waals surface area (Å²) < 4.78 is 5.28. The van der Waals surface area contributed by atoms with Gasteiger partial charge in [-0.15, -0.1) is 12.4 Å². The zero-order valence-corrected chi connectivity index (χ0v) is 7.64. The van der Waals surface area contributed by atoms with Crippen molar-refractivity contribution in [2.75, 3.05) is 7.11 Å². The summed E-state index contributed by atoms with van der Waals surface area (Å²) in [5.41, 5.74) is 5.83. The summed E-state index contributed by atoms with van der Waals surface area (Å²) in [5.74, 6) is 1.70. The van der Waals surface area contributed by atoms with Gasteiger partial charge < -0.3 is 10.5 Å². The third-order valence-corrected chi connectivity index (χ3v) is 3.16. The van der Waals surface area contributed by atoms with Crippen LogP contribution in [0.1, 0.15) is 19.3 Å². The molecule has 0 amide bonds. The van der Waals surface area contributed by atoms with E-state index in [-0.39, 0.29) is 12.4 Å². The van der Waals surface area contributed by atoms with Gasteiger partial charge in [-0.3, -0.25) is 0 Å². The molecule has 0 aliphatic heterocycles. The van der Waals surface area contributed by atoms with Crippen LogP contribution in [-0.2, 0) is 4.74 Å². The highest BCUT2D eigenvalue weighted by molar-refractivity contribution is 5.85. The molecular weight excluding hydrogens is 162 g/mol. The van der Waals surface area contributed by atoms with E-state index in [1.165, 1.54) is 19.3 Å². The lowest BCUT2D eigenvalue weighted by atomic mass is 9.72. The molecule has 2 nitrogen and oxygen atoms in total. The molecule has 0 spiro atoms. The zero-order chi connectivity index (χ0) is 7.14. The van der Waals surface area contributed by atoms with E-state index in [0.717, 1.165) is 11.8 Å².